The summed E-state index contributed by atoms with van der Waals surface area (Å²) in [7, 11) is 0. The molecule has 3 rings (SSSR count). The zero-order valence-corrected chi connectivity index (χ0v) is 9.23. The number of benzene rings is 1. The van der Waals surface area contributed by atoms with Crippen molar-refractivity contribution in [3.63, 3.8) is 0 Å². The fourth-order valence-electron chi connectivity index (χ4n) is 1.63. The first-order chi connectivity index (χ1) is 8.03. The Kier molecular flexibility index (Phi) is 1.89. The number of ether oxygens (including phenoxy) is 2. The molecule has 2 aromatic rings. The summed E-state index contributed by atoms with van der Waals surface area (Å²) in [6.45, 7) is 2.92. The van der Waals surface area contributed by atoms with E-state index < -0.39 is 6.04 Å². The molecule has 88 valence electrons. The molecule has 1 aromatic carbocycles. The standard InChI is InChI=1S/C11H9FN2O3/c1-6-13-10(17-14-6)7-3-4-8-9(5-7)16-11(2,12)15-8/h3-5H,1-2H3. The van der Waals surface area contributed by atoms with Crippen molar-refractivity contribution in [1.29, 1.82) is 0 Å². The van der Waals surface area contributed by atoms with Crippen molar-refractivity contribution in [2.45, 2.75) is 19.9 Å². The van der Waals surface area contributed by atoms with Gasteiger partial charge < -0.3 is 14.0 Å². The molecule has 1 aromatic heterocycles. The van der Waals surface area contributed by atoms with Crippen LogP contribution in [0.4, 0.5) is 4.39 Å². The summed E-state index contributed by atoms with van der Waals surface area (Å²) >= 11 is 0. The van der Waals surface area contributed by atoms with Gasteiger partial charge in [0, 0.05) is 12.5 Å². The van der Waals surface area contributed by atoms with Crippen LogP contribution in [0.5, 0.6) is 11.5 Å². The molecule has 0 saturated carbocycles. The number of aryl methyl sites for hydroxylation is 1. The normalized spacial score (nSPS) is 21.8. The van der Waals surface area contributed by atoms with Gasteiger partial charge in [0.2, 0.25) is 0 Å². The second-order valence-corrected chi connectivity index (χ2v) is 3.85. The molecule has 0 amide bonds. The predicted octanol–water partition coefficient (Wildman–Crippen LogP) is 2.46. The summed E-state index contributed by atoms with van der Waals surface area (Å²) in [5.74, 6) is 1.58. The van der Waals surface area contributed by atoms with Crippen LogP contribution in [0.2, 0.25) is 0 Å². The molecular formula is C11H9FN2O3. The van der Waals surface area contributed by atoms with Gasteiger partial charge in [0.15, 0.2) is 17.3 Å². The lowest BCUT2D eigenvalue weighted by Crippen LogP contribution is -2.27. The first-order valence-electron chi connectivity index (χ1n) is 5.05. The monoisotopic (exact) mass is 236 g/mol. The fourth-order valence-corrected chi connectivity index (χ4v) is 1.63. The predicted molar refractivity (Wildman–Crippen MR) is 55.2 cm³/mol. The molecule has 1 unspecified atom stereocenters. The molecule has 0 N–H and O–H groups in total. The SMILES string of the molecule is Cc1noc(-c2ccc3c(c2)OC(C)(F)O3)n1. The van der Waals surface area contributed by atoms with E-state index in [1.54, 1.807) is 25.1 Å². The highest BCUT2D eigenvalue weighted by molar-refractivity contribution is 5.60. The Morgan fingerprint density at radius 3 is 2.71 bits per heavy atom. The van der Waals surface area contributed by atoms with E-state index in [2.05, 4.69) is 10.1 Å². The number of aromatic nitrogens is 2. The summed E-state index contributed by atoms with van der Waals surface area (Å²) in [5.41, 5.74) is 0.658. The van der Waals surface area contributed by atoms with E-state index in [1.807, 2.05) is 0 Å². The lowest BCUT2D eigenvalue weighted by atomic mass is 10.2. The number of hydrogen-bond donors (Lipinski definition) is 0. The van der Waals surface area contributed by atoms with Gasteiger partial charge in [0.1, 0.15) is 0 Å². The molecule has 1 atom stereocenters. The number of nitrogens with zero attached hydrogens (tertiary/aromatic N) is 2. The van der Waals surface area contributed by atoms with Crippen molar-refractivity contribution in [3.8, 4) is 23.0 Å². The molecule has 0 radical (unpaired) electrons. The number of halogens is 1. The molecule has 1 aliphatic heterocycles. The summed E-state index contributed by atoms with van der Waals surface area (Å²) in [4.78, 5) is 4.07. The number of rotatable bonds is 1. The molecule has 0 spiro atoms. The third kappa shape index (κ3) is 1.71. The van der Waals surface area contributed by atoms with Crippen LogP contribution in [0, 0.1) is 6.92 Å². The molecule has 5 nitrogen and oxygen atoms in total. The first-order valence-corrected chi connectivity index (χ1v) is 5.05. The maximum atomic E-state index is 13.4. The van der Waals surface area contributed by atoms with E-state index in [0.717, 1.165) is 0 Å². The molecule has 0 aliphatic carbocycles. The maximum Gasteiger partial charge on any atom is 0.404 e. The van der Waals surface area contributed by atoms with Crippen LogP contribution in [0.25, 0.3) is 11.5 Å². The molecule has 6 heteroatoms. The maximum absolute atomic E-state index is 13.4. The van der Waals surface area contributed by atoms with E-state index in [-0.39, 0.29) is 0 Å². The van der Waals surface area contributed by atoms with Crippen molar-refractivity contribution < 1.29 is 18.4 Å². The summed E-state index contributed by atoms with van der Waals surface area (Å²) in [6, 6.07) is 2.80. The minimum Gasteiger partial charge on any atom is -0.423 e. The Labute approximate surface area is 96.2 Å². The highest BCUT2D eigenvalue weighted by Crippen LogP contribution is 2.41. The van der Waals surface area contributed by atoms with Gasteiger partial charge in [-0.3, -0.25) is 0 Å². The zero-order valence-electron chi connectivity index (χ0n) is 9.23. The van der Waals surface area contributed by atoms with Gasteiger partial charge in [-0.05, 0) is 25.1 Å². The summed E-state index contributed by atoms with van der Waals surface area (Å²) < 4.78 is 28.4. The van der Waals surface area contributed by atoms with E-state index >= 15 is 0 Å². The van der Waals surface area contributed by atoms with Gasteiger partial charge in [0.25, 0.3) is 5.89 Å². The molecule has 0 bridgehead atoms. The highest BCUT2D eigenvalue weighted by atomic mass is 19.2. The van der Waals surface area contributed by atoms with Crippen LogP contribution in [0.1, 0.15) is 12.7 Å². The van der Waals surface area contributed by atoms with Gasteiger partial charge in [0.05, 0.1) is 0 Å². The lowest BCUT2D eigenvalue weighted by molar-refractivity contribution is -0.173. The van der Waals surface area contributed by atoms with E-state index in [4.69, 9.17) is 14.0 Å². The van der Waals surface area contributed by atoms with Gasteiger partial charge in [-0.15, -0.1) is 0 Å². The third-order valence-electron chi connectivity index (χ3n) is 2.30. The Bertz CT molecular complexity index is 580. The van der Waals surface area contributed by atoms with Gasteiger partial charge >= 0.3 is 6.04 Å². The van der Waals surface area contributed by atoms with Crippen molar-refractivity contribution in [3.05, 3.63) is 24.0 Å². The van der Waals surface area contributed by atoms with Crippen LogP contribution < -0.4 is 9.47 Å². The Morgan fingerprint density at radius 1 is 1.24 bits per heavy atom. The average molecular weight is 236 g/mol. The minimum atomic E-state index is -2.12. The molecule has 0 fully saturated rings. The van der Waals surface area contributed by atoms with Crippen molar-refractivity contribution >= 4 is 0 Å². The second-order valence-electron chi connectivity index (χ2n) is 3.85. The lowest BCUT2D eigenvalue weighted by Gasteiger charge is -2.10. The summed E-state index contributed by atoms with van der Waals surface area (Å²) in [6.07, 6.45) is 0. The quantitative estimate of drug-likeness (QED) is 0.761. The molecule has 2 heterocycles. The Balaban J connectivity index is 2.01. The Hall–Kier alpha value is -2.11. The number of hydrogen-bond acceptors (Lipinski definition) is 5. The molecule has 1 aliphatic rings. The molecule has 17 heavy (non-hydrogen) atoms. The second kappa shape index (κ2) is 3.19. The van der Waals surface area contributed by atoms with Crippen molar-refractivity contribution in [2.75, 3.05) is 0 Å². The fraction of sp³-hybridized carbons (Fsp3) is 0.273. The Morgan fingerprint density at radius 2 is 2.00 bits per heavy atom. The topological polar surface area (TPSA) is 57.4 Å². The largest absolute Gasteiger partial charge is 0.423 e. The van der Waals surface area contributed by atoms with E-state index in [9.17, 15) is 4.39 Å². The van der Waals surface area contributed by atoms with Crippen LogP contribution in [-0.2, 0) is 0 Å². The smallest absolute Gasteiger partial charge is 0.404 e. The van der Waals surface area contributed by atoms with Gasteiger partial charge in [-0.2, -0.15) is 9.37 Å². The molecular weight excluding hydrogens is 227 g/mol. The molecule has 0 saturated heterocycles. The number of alkyl halides is 1. The third-order valence-corrected chi connectivity index (χ3v) is 2.30. The average Bonchev–Trinajstić information content (AvgIpc) is 2.78. The van der Waals surface area contributed by atoms with Gasteiger partial charge in [-0.25, -0.2) is 0 Å². The minimum absolute atomic E-state index is 0.323. The first kappa shape index (κ1) is 10.1. The van der Waals surface area contributed by atoms with Crippen LogP contribution in [-0.4, -0.2) is 16.2 Å². The van der Waals surface area contributed by atoms with Crippen molar-refractivity contribution in [1.82, 2.24) is 10.1 Å². The van der Waals surface area contributed by atoms with Crippen LogP contribution >= 0.6 is 0 Å². The van der Waals surface area contributed by atoms with Crippen molar-refractivity contribution in [2.24, 2.45) is 0 Å². The summed E-state index contributed by atoms with van der Waals surface area (Å²) in [5, 5.41) is 3.68. The highest BCUT2D eigenvalue weighted by Gasteiger charge is 2.37. The van der Waals surface area contributed by atoms with E-state index in [1.165, 1.54) is 6.92 Å². The zero-order chi connectivity index (χ0) is 12.0. The van der Waals surface area contributed by atoms with Crippen LogP contribution in [0.3, 0.4) is 0 Å². The number of fused-ring (bicyclic) bond motifs is 1. The van der Waals surface area contributed by atoms with Gasteiger partial charge in [-0.1, -0.05) is 5.16 Å². The van der Waals surface area contributed by atoms with Crippen LogP contribution in [0.15, 0.2) is 22.7 Å². The van der Waals surface area contributed by atoms with E-state index in [0.29, 0.717) is 28.8 Å².